The smallest absolute Gasteiger partial charge is 0.169 e. The molecule has 0 aliphatic carbocycles. The summed E-state index contributed by atoms with van der Waals surface area (Å²) in [4.78, 5) is 0. The molecular weight excluding hydrogens is 213 g/mol. The third kappa shape index (κ3) is 1.78. The third-order valence-corrected chi connectivity index (χ3v) is 2.46. The van der Waals surface area contributed by atoms with Crippen LogP contribution in [0.4, 0.5) is 4.39 Å². The van der Waals surface area contributed by atoms with Gasteiger partial charge in [-0.3, -0.25) is 0 Å². The molecule has 2 rings (SSSR count). The molecule has 0 fully saturated rings. The fourth-order valence-electron chi connectivity index (χ4n) is 1.71. The lowest BCUT2D eigenvalue weighted by Gasteiger charge is -2.16. The molecule has 0 radical (unpaired) electrons. The van der Waals surface area contributed by atoms with Gasteiger partial charge in [0.05, 0.1) is 18.8 Å². The molecule has 0 aromatic heterocycles. The normalized spacial score (nSPS) is 16.7. The lowest BCUT2D eigenvalue weighted by Crippen LogP contribution is -2.09. The van der Waals surface area contributed by atoms with Crippen molar-refractivity contribution >= 4 is 0 Å². The fraction of sp³-hybridized carbons (Fsp3) is 0.455. The van der Waals surface area contributed by atoms with Gasteiger partial charge < -0.3 is 20.3 Å². The van der Waals surface area contributed by atoms with E-state index in [1.165, 1.54) is 0 Å². The van der Waals surface area contributed by atoms with Crippen LogP contribution in [-0.4, -0.2) is 18.3 Å². The monoisotopic (exact) mass is 227 g/mol. The van der Waals surface area contributed by atoms with Crippen LogP contribution in [0, 0.1) is 5.82 Å². The molecule has 1 aliphatic rings. The van der Waals surface area contributed by atoms with Gasteiger partial charge in [0, 0.05) is 18.5 Å². The van der Waals surface area contributed by atoms with Crippen molar-refractivity contribution in [1.82, 2.24) is 0 Å². The highest BCUT2D eigenvalue weighted by Gasteiger charge is 2.24. The Labute approximate surface area is 92.8 Å². The Morgan fingerprint density at radius 3 is 2.81 bits per heavy atom. The molecule has 1 unspecified atom stereocenters. The summed E-state index contributed by atoms with van der Waals surface area (Å²) in [7, 11) is 0. The standard InChI is InChI=1S/C11H14FNO3/c1-6(13)9-10(14)7(12)5-8-11(9)16-4-2-3-15-8/h5-6,14H,2-4,13H2,1H3. The van der Waals surface area contributed by atoms with E-state index < -0.39 is 17.6 Å². The first-order valence-electron chi connectivity index (χ1n) is 5.17. The van der Waals surface area contributed by atoms with Crippen molar-refractivity contribution in [2.24, 2.45) is 5.73 Å². The van der Waals surface area contributed by atoms with Gasteiger partial charge in [-0.1, -0.05) is 0 Å². The zero-order valence-corrected chi connectivity index (χ0v) is 9.00. The van der Waals surface area contributed by atoms with Crippen molar-refractivity contribution in [2.75, 3.05) is 13.2 Å². The van der Waals surface area contributed by atoms with E-state index in [9.17, 15) is 9.50 Å². The molecule has 5 heteroatoms. The Morgan fingerprint density at radius 2 is 2.12 bits per heavy atom. The number of hydrogen-bond acceptors (Lipinski definition) is 4. The van der Waals surface area contributed by atoms with Crippen LogP contribution in [0.25, 0.3) is 0 Å². The number of rotatable bonds is 1. The van der Waals surface area contributed by atoms with E-state index in [2.05, 4.69) is 0 Å². The summed E-state index contributed by atoms with van der Waals surface area (Å²) in [5.74, 6) is -0.540. The number of aromatic hydroxyl groups is 1. The lowest BCUT2D eigenvalue weighted by atomic mass is 10.1. The van der Waals surface area contributed by atoms with Gasteiger partial charge >= 0.3 is 0 Å². The first-order valence-corrected chi connectivity index (χ1v) is 5.17. The topological polar surface area (TPSA) is 64.7 Å². The van der Waals surface area contributed by atoms with Crippen LogP contribution in [-0.2, 0) is 0 Å². The first kappa shape index (κ1) is 11.0. The predicted molar refractivity (Wildman–Crippen MR) is 56.3 cm³/mol. The summed E-state index contributed by atoms with van der Waals surface area (Å²) in [6.07, 6.45) is 0.718. The number of fused-ring (bicyclic) bond motifs is 1. The van der Waals surface area contributed by atoms with Gasteiger partial charge in [0.1, 0.15) is 0 Å². The zero-order chi connectivity index (χ0) is 11.7. The van der Waals surface area contributed by atoms with Crippen LogP contribution in [0.1, 0.15) is 24.9 Å². The molecule has 16 heavy (non-hydrogen) atoms. The lowest BCUT2D eigenvalue weighted by molar-refractivity contribution is 0.295. The molecule has 0 bridgehead atoms. The van der Waals surface area contributed by atoms with Gasteiger partial charge in [-0.05, 0) is 6.92 Å². The summed E-state index contributed by atoms with van der Waals surface area (Å²) in [6.45, 7) is 2.59. The summed E-state index contributed by atoms with van der Waals surface area (Å²) < 4.78 is 24.2. The van der Waals surface area contributed by atoms with E-state index in [1.54, 1.807) is 6.92 Å². The molecule has 3 N–H and O–H groups in total. The van der Waals surface area contributed by atoms with Crippen LogP contribution in [0.3, 0.4) is 0 Å². The Kier molecular flexibility index (Phi) is 2.87. The second-order valence-electron chi connectivity index (χ2n) is 3.79. The molecule has 0 saturated heterocycles. The average molecular weight is 227 g/mol. The molecule has 0 amide bonds. The predicted octanol–water partition coefficient (Wildman–Crippen LogP) is 1.71. The number of halogens is 1. The van der Waals surface area contributed by atoms with Crippen LogP contribution in [0.15, 0.2) is 6.07 Å². The Balaban J connectivity index is 2.60. The first-order chi connectivity index (χ1) is 7.61. The second-order valence-corrected chi connectivity index (χ2v) is 3.79. The van der Waals surface area contributed by atoms with Crippen molar-refractivity contribution in [2.45, 2.75) is 19.4 Å². The molecule has 4 nitrogen and oxygen atoms in total. The highest BCUT2D eigenvalue weighted by molar-refractivity contribution is 5.55. The van der Waals surface area contributed by atoms with Crippen LogP contribution in [0.5, 0.6) is 17.2 Å². The van der Waals surface area contributed by atoms with Gasteiger partial charge in [0.15, 0.2) is 23.1 Å². The zero-order valence-electron chi connectivity index (χ0n) is 9.00. The van der Waals surface area contributed by atoms with Crippen LogP contribution < -0.4 is 15.2 Å². The number of phenolic OH excluding ortho intramolecular Hbond substituents is 1. The number of phenols is 1. The molecule has 1 aliphatic heterocycles. The van der Waals surface area contributed by atoms with Crippen molar-refractivity contribution < 1.29 is 19.0 Å². The number of hydrogen-bond donors (Lipinski definition) is 2. The highest BCUT2D eigenvalue weighted by Crippen LogP contribution is 2.42. The Morgan fingerprint density at radius 1 is 1.44 bits per heavy atom. The molecule has 1 heterocycles. The van der Waals surface area contributed by atoms with Crippen molar-refractivity contribution in [3.63, 3.8) is 0 Å². The maximum atomic E-state index is 13.4. The van der Waals surface area contributed by atoms with E-state index in [0.29, 0.717) is 24.7 Å². The molecule has 1 aromatic carbocycles. The largest absolute Gasteiger partial charge is 0.504 e. The van der Waals surface area contributed by atoms with Gasteiger partial charge in [-0.15, -0.1) is 0 Å². The maximum absolute atomic E-state index is 13.4. The minimum absolute atomic E-state index is 0.261. The SMILES string of the molecule is CC(N)c1c(O)c(F)cc2c1OCCCO2. The third-order valence-electron chi connectivity index (χ3n) is 2.46. The minimum atomic E-state index is -0.739. The van der Waals surface area contributed by atoms with Gasteiger partial charge in [0.25, 0.3) is 0 Å². The van der Waals surface area contributed by atoms with E-state index in [1.807, 2.05) is 0 Å². The van der Waals surface area contributed by atoms with E-state index in [4.69, 9.17) is 15.2 Å². The number of ether oxygens (including phenoxy) is 2. The second kappa shape index (κ2) is 4.17. The van der Waals surface area contributed by atoms with Crippen molar-refractivity contribution in [1.29, 1.82) is 0 Å². The quantitative estimate of drug-likeness (QED) is 0.766. The molecule has 1 atom stereocenters. The maximum Gasteiger partial charge on any atom is 0.169 e. The minimum Gasteiger partial charge on any atom is -0.504 e. The Bertz CT molecular complexity index is 407. The van der Waals surface area contributed by atoms with E-state index in [-0.39, 0.29) is 5.56 Å². The summed E-state index contributed by atoms with van der Waals surface area (Å²) in [5, 5.41) is 9.63. The average Bonchev–Trinajstić information content (AvgIpc) is 2.44. The molecule has 88 valence electrons. The molecule has 1 aromatic rings. The molecule has 0 spiro atoms. The van der Waals surface area contributed by atoms with Crippen LogP contribution >= 0.6 is 0 Å². The molecular formula is C11H14FNO3. The van der Waals surface area contributed by atoms with Crippen molar-refractivity contribution in [3.05, 3.63) is 17.4 Å². The van der Waals surface area contributed by atoms with Gasteiger partial charge in [-0.25, -0.2) is 4.39 Å². The van der Waals surface area contributed by atoms with Gasteiger partial charge in [-0.2, -0.15) is 0 Å². The number of benzene rings is 1. The Hall–Kier alpha value is -1.49. The summed E-state index contributed by atoms with van der Waals surface area (Å²) in [6, 6.07) is 0.605. The number of nitrogens with two attached hydrogens (primary N) is 1. The van der Waals surface area contributed by atoms with E-state index >= 15 is 0 Å². The summed E-state index contributed by atoms with van der Waals surface area (Å²) >= 11 is 0. The van der Waals surface area contributed by atoms with Gasteiger partial charge in [0.2, 0.25) is 0 Å². The summed E-state index contributed by atoms with van der Waals surface area (Å²) in [5.41, 5.74) is 5.96. The fourth-order valence-corrected chi connectivity index (χ4v) is 1.71. The van der Waals surface area contributed by atoms with Crippen molar-refractivity contribution in [3.8, 4) is 17.2 Å². The van der Waals surface area contributed by atoms with Crippen LogP contribution in [0.2, 0.25) is 0 Å². The molecule has 0 saturated carbocycles. The van der Waals surface area contributed by atoms with E-state index in [0.717, 1.165) is 12.5 Å². The highest BCUT2D eigenvalue weighted by atomic mass is 19.1.